The van der Waals surface area contributed by atoms with Crippen LogP contribution in [0.4, 0.5) is 0 Å². The molecular formula is C63H96N4O19S. The van der Waals surface area contributed by atoms with Gasteiger partial charge in [-0.2, -0.15) is 0 Å². The maximum atomic E-state index is 14.7. The average Bonchev–Trinajstić information content (AvgIpc) is 1.47. The van der Waals surface area contributed by atoms with Gasteiger partial charge in [0.2, 0.25) is 17.6 Å². The van der Waals surface area contributed by atoms with Gasteiger partial charge in [-0.1, -0.05) is 71.1 Å². The van der Waals surface area contributed by atoms with Gasteiger partial charge >= 0.3 is 23.9 Å². The number of carbonyl (C=O) groups excluding carboxylic acids is 8. The minimum absolute atomic E-state index is 0.0104. The van der Waals surface area contributed by atoms with Crippen molar-refractivity contribution in [2.24, 2.45) is 41.2 Å². The number of aliphatic carboxylic acids is 2. The van der Waals surface area contributed by atoms with E-state index in [9.17, 15) is 53.1 Å². The summed E-state index contributed by atoms with van der Waals surface area (Å²) in [7, 11) is 4.44. The zero-order chi connectivity index (χ0) is 64.7. The second kappa shape index (κ2) is 36.8. The number of esters is 2. The molecule has 23 nitrogen and oxygen atoms in total. The molecule has 2 bridgehead atoms. The molecule has 488 valence electrons. The molecule has 0 aromatic carbocycles. The van der Waals surface area contributed by atoms with Gasteiger partial charge in [-0.15, -0.1) is 11.8 Å². The molecule has 4 rings (SSSR count). The molecule has 4 aliphatic rings. The second-order valence-corrected chi connectivity index (χ2v) is 25.2. The molecule has 87 heavy (non-hydrogen) atoms. The highest BCUT2D eigenvalue weighted by Crippen LogP contribution is 2.36. The van der Waals surface area contributed by atoms with E-state index >= 15 is 0 Å². The number of nitrogens with one attached hydrogen (secondary N) is 2. The molecule has 7 N–H and O–H groups in total. The normalized spacial score (nSPS) is 32.7. The largest absolute Gasteiger partial charge is 0.480 e. The number of Topliss-reactive ketones (excluding diaryl/α,β-unsaturated/α-hetero) is 3. The number of rotatable bonds is 19. The van der Waals surface area contributed by atoms with Crippen LogP contribution in [0.5, 0.6) is 0 Å². The summed E-state index contributed by atoms with van der Waals surface area (Å²) in [6, 6.07) is -3.73. The molecule has 0 aromatic heterocycles. The highest BCUT2D eigenvalue weighted by atomic mass is 32.2. The molecule has 0 aromatic rings. The molecule has 2 unspecified atom stereocenters. The lowest BCUT2D eigenvalue weighted by Crippen LogP contribution is -2.55. The molecule has 3 amide bonds. The number of thioether (sulfide) groups is 1. The summed E-state index contributed by atoms with van der Waals surface area (Å²) in [5, 5.41) is 34.4. The number of aliphatic hydroxyl groups is 1. The van der Waals surface area contributed by atoms with Crippen LogP contribution in [0, 0.1) is 35.5 Å². The lowest BCUT2D eigenvalue weighted by molar-refractivity contribution is -0.170. The van der Waals surface area contributed by atoms with Gasteiger partial charge in [0.25, 0.3) is 5.91 Å². The third-order valence-electron chi connectivity index (χ3n) is 17.1. The Kier molecular flexibility index (Phi) is 31.2. The number of carbonyl (C=O) groups is 10. The Morgan fingerprint density at radius 2 is 1.59 bits per heavy atom. The van der Waals surface area contributed by atoms with Crippen molar-refractivity contribution >= 4 is 70.7 Å². The van der Waals surface area contributed by atoms with Crippen molar-refractivity contribution in [2.75, 3.05) is 45.9 Å². The predicted molar refractivity (Wildman–Crippen MR) is 323 cm³/mol. The van der Waals surface area contributed by atoms with Gasteiger partial charge < -0.3 is 65.0 Å². The number of nitrogens with two attached hydrogens (primary N) is 1. The number of ether oxygens (including phenoxy) is 6. The van der Waals surface area contributed by atoms with Gasteiger partial charge in [0.1, 0.15) is 61.0 Å². The minimum Gasteiger partial charge on any atom is -0.480 e. The smallest absolute Gasteiger partial charge is 0.329 e. The quantitative estimate of drug-likeness (QED) is 0.0561. The van der Waals surface area contributed by atoms with Crippen LogP contribution in [0.15, 0.2) is 47.6 Å². The number of amides is 3. The van der Waals surface area contributed by atoms with Gasteiger partial charge in [0.15, 0.2) is 5.78 Å². The first kappa shape index (κ1) is 73.8. The molecule has 2 saturated heterocycles. The number of methoxy groups -OCH3 is 3. The lowest BCUT2D eigenvalue weighted by atomic mass is 9.78. The van der Waals surface area contributed by atoms with E-state index in [0.717, 1.165) is 17.3 Å². The fourth-order valence-corrected chi connectivity index (χ4v) is 12.6. The summed E-state index contributed by atoms with van der Waals surface area (Å²) in [5.74, 6) is -10.4. The molecule has 3 aliphatic heterocycles. The van der Waals surface area contributed by atoms with Crippen LogP contribution >= 0.6 is 11.8 Å². The number of aliphatic hydroxyl groups excluding tert-OH is 1. The summed E-state index contributed by atoms with van der Waals surface area (Å²) in [5.41, 5.74) is 6.76. The van der Waals surface area contributed by atoms with Crippen molar-refractivity contribution in [3.63, 3.8) is 0 Å². The van der Waals surface area contributed by atoms with Crippen molar-refractivity contribution in [1.82, 2.24) is 15.5 Å². The van der Waals surface area contributed by atoms with Crippen LogP contribution < -0.4 is 16.4 Å². The Hall–Kier alpha value is -5.63. The standard InChI is InChI=1S/C63H96N4O19S/c1-35-16-12-11-13-17-36(2)49(81-8)30-43-21-19-37(3)58(84-43)57(75)61(77)67-25-15-14-18-46(67)63(80)86-50(31-47(68)38(4)27-41(7)56(74)59(83-10)55(73)40(6)26-35)39(5)28-42-20-23-48(51(29-42)82-9)85-54(72)34-87-33-45(60(76)65-32-53(70)71)66-52(69)24-22-44(64)62(78)79/h11-13,16-17,27,35,37-40,42-46,48-51,56,58-59,74H,14-15,18-26,28-34,64H2,1-10H3,(H,65,76)(H,66,69)(H,70,71)(H,78,79)/b13-11+,16-12-,36-17+,41-27+/t35-,37+,38+,39+,40+,42-,43?,44-,45-,46-,48+,49-,50?,51+,56+,58+,59-/m0/s1. The van der Waals surface area contributed by atoms with Crippen LogP contribution in [0.2, 0.25) is 0 Å². The van der Waals surface area contributed by atoms with Crippen molar-refractivity contribution in [3.05, 3.63) is 47.6 Å². The van der Waals surface area contributed by atoms with Crippen molar-refractivity contribution < 1.29 is 91.7 Å². The predicted octanol–water partition coefficient (Wildman–Crippen LogP) is 5.02. The summed E-state index contributed by atoms with van der Waals surface area (Å²) >= 11 is 0.947. The van der Waals surface area contributed by atoms with Gasteiger partial charge in [-0.3, -0.25) is 43.2 Å². The van der Waals surface area contributed by atoms with E-state index in [2.05, 4.69) is 10.6 Å². The fraction of sp³-hybridized carbons (Fsp3) is 0.714. The van der Waals surface area contributed by atoms with E-state index in [-0.39, 0.29) is 79.2 Å². The Labute approximate surface area is 516 Å². The van der Waals surface area contributed by atoms with Gasteiger partial charge in [0.05, 0.1) is 24.1 Å². The van der Waals surface area contributed by atoms with Crippen LogP contribution in [0.1, 0.15) is 138 Å². The molecule has 24 heteroatoms. The maximum absolute atomic E-state index is 14.7. The third-order valence-corrected chi connectivity index (χ3v) is 18.1. The molecule has 0 radical (unpaired) electrons. The SMILES string of the molecule is CO[C@H]1CC2CC[C@@H](C)[C@@H](O2)C(=O)C(=O)N2CCCC[C@H]2C(=O)OC([C@H](C)C[C@@H]2CC[C@@H](OC(=O)CSC[C@H](NC(=O)CC[C@H](N)C(=O)O)C(=O)NCC(=O)O)[C@H](OC)C2)CC(=O)[C@H](C)/C=C(\C)[C@@H](O)[C@@H](OC)C(=O)[C@H](C)C[C@@H](C)\C=C/C=C/C=C/1C. The third kappa shape index (κ3) is 23.4. The highest BCUT2D eigenvalue weighted by Gasteiger charge is 2.45. The van der Waals surface area contributed by atoms with Crippen LogP contribution in [-0.4, -0.2) is 192 Å². The molecule has 3 heterocycles. The topological polar surface area (TPSA) is 340 Å². The van der Waals surface area contributed by atoms with Crippen LogP contribution in [0.25, 0.3) is 0 Å². The lowest BCUT2D eigenvalue weighted by Gasteiger charge is -2.39. The summed E-state index contributed by atoms with van der Waals surface area (Å²) < 4.78 is 36.0. The number of hydrogen-bond donors (Lipinski definition) is 6. The number of hydrogen-bond acceptors (Lipinski definition) is 19. The van der Waals surface area contributed by atoms with Crippen LogP contribution in [-0.2, 0) is 76.4 Å². The van der Waals surface area contributed by atoms with E-state index in [1.807, 2.05) is 58.1 Å². The van der Waals surface area contributed by atoms with E-state index in [4.69, 9.17) is 44.4 Å². The number of carboxylic acids is 2. The van der Waals surface area contributed by atoms with Gasteiger partial charge in [-0.25, -0.2) is 4.79 Å². The molecule has 1 saturated carbocycles. The first-order chi connectivity index (χ1) is 41.2. The molecule has 1 aliphatic carbocycles. The molecule has 0 spiro atoms. The Morgan fingerprint density at radius 1 is 0.862 bits per heavy atom. The summed E-state index contributed by atoms with van der Waals surface area (Å²) in [6.07, 6.45) is 8.97. The number of allylic oxidation sites excluding steroid dienone is 6. The maximum Gasteiger partial charge on any atom is 0.329 e. The Balaban J connectivity index is 1.57. The van der Waals surface area contributed by atoms with Crippen molar-refractivity contribution in [1.29, 1.82) is 0 Å². The van der Waals surface area contributed by atoms with E-state index in [1.165, 1.54) is 19.1 Å². The number of nitrogens with zero attached hydrogens (tertiary/aromatic N) is 1. The Bertz CT molecular complexity index is 2500. The average molecular weight is 1250 g/mol. The highest BCUT2D eigenvalue weighted by molar-refractivity contribution is 8.00. The molecular weight excluding hydrogens is 1150 g/mol. The fourth-order valence-electron chi connectivity index (χ4n) is 11.8. The first-order valence-electron chi connectivity index (χ1n) is 30.5. The number of fused-ring (bicyclic) bond motifs is 3. The first-order valence-corrected chi connectivity index (χ1v) is 31.6. The molecule has 17 atom stereocenters. The van der Waals surface area contributed by atoms with Crippen molar-refractivity contribution in [3.8, 4) is 0 Å². The zero-order valence-corrected chi connectivity index (χ0v) is 53.1. The van der Waals surface area contributed by atoms with Gasteiger partial charge in [0, 0.05) is 64.7 Å². The Morgan fingerprint density at radius 3 is 2.25 bits per heavy atom. The number of piperidine rings is 1. The number of carboxylic acid groups (broad SMARTS) is 2. The van der Waals surface area contributed by atoms with E-state index in [0.29, 0.717) is 69.8 Å². The zero-order valence-electron chi connectivity index (χ0n) is 52.3. The summed E-state index contributed by atoms with van der Waals surface area (Å²) in [4.78, 5) is 134. The number of ketones is 3. The van der Waals surface area contributed by atoms with E-state index < -0.39 is 133 Å². The summed E-state index contributed by atoms with van der Waals surface area (Å²) in [6.45, 7) is 12.1. The number of cyclic esters (lactones) is 1. The van der Waals surface area contributed by atoms with Crippen LogP contribution in [0.3, 0.4) is 0 Å². The van der Waals surface area contributed by atoms with E-state index in [1.54, 1.807) is 34.0 Å². The monoisotopic (exact) mass is 1240 g/mol. The second-order valence-electron chi connectivity index (χ2n) is 24.1. The minimum atomic E-state index is -1.38. The van der Waals surface area contributed by atoms with Crippen molar-refractivity contribution in [2.45, 2.75) is 205 Å². The molecule has 3 fully saturated rings. The van der Waals surface area contributed by atoms with Gasteiger partial charge in [-0.05, 0) is 119 Å².